The van der Waals surface area contributed by atoms with Gasteiger partial charge in [0.15, 0.2) is 0 Å². The van der Waals surface area contributed by atoms with E-state index in [2.05, 4.69) is 28.3 Å². The number of piperidine rings is 1. The zero-order chi connectivity index (χ0) is 16.6. The van der Waals surface area contributed by atoms with Crippen molar-refractivity contribution in [3.8, 4) is 5.69 Å². The summed E-state index contributed by atoms with van der Waals surface area (Å²) in [6, 6.07) is 10.2. The molecule has 1 aromatic heterocycles. The van der Waals surface area contributed by atoms with E-state index in [4.69, 9.17) is 0 Å². The van der Waals surface area contributed by atoms with Crippen LogP contribution in [0.25, 0.3) is 5.69 Å². The first-order chi connectivity index (χ1) is 11.7. The summed E-state index contributed by atoms with van der Waals surface area (Å²) in [5, 5.41) is 4.47. The number of carbonyl (C=O) groups excluding carboxylic acids is 1. The number of amides is 1. The number of nitrogens with zero attached hydrogens (tertiary/aromatic N) is 4. The van der Waals surface area contributed by atoms with Crippen molar-refractivity contribution in [2.45, 2.75) is 25.8 Å². The number of aromatic nitrogens is 2. The number of benzene rings is 1. The lowest BCUT2D eigenvalue weighted by molar-refractivity contribution is -0.143. The van der Waals surface area contributed by atoms with Crippen LogP contribution in [-0.4, -0.2) is 52.2 Å². The van der Waals surface area contributed by atoms with E-state index < -0.39 is 0 Å². The highest BCUT2D eigenvalue weighted by atomic mass is 16.2. The van der Waals surface area contributed by atoms with Gasteiger partial charge < -0.3 is 4.90 Å². The molecule has 1 spiro atoms. The largest absolute Gasteiger partial charge is 0.345 e. The molecule has 0 bridgehead atoms. The van der Waals surface area contributed by atoms with Crippen molar-refractivity contribution in [2.24, 2.45) is 5.41 Å². The van der Waals surface area contributed by atoms with Gasteiger partial charge in [-0.3, -0.25) is 9.69 Å². The normalized spacial score (nSPS) is 24.9. The topological polar surface area (TPSA) is 41.4 Å². The monoisotopic (exact) mass is 324 g/mol. The highest BCUT2D eigenvalue weighted by Crippen LogP contribution is 2.40. The third-order valence-corrected chi connectivity index (χ3v) is 5.45. The Bertz CT molecular complexity index is 726. The first kappa shape index (κ1) is 15.4. The molecule has 2 aliphatic heterocycles. The number of hydrogen-bond donors (Lipinski definition) is 0. The molecule has 0 aliphatic carbocycles. The summed E-state index contributed by atoms with van der Waals surface area (Å²) in [7, 11) is 1.94. The lowest BCUT2D eigenvalue weighted by atomic mass is 9.78. The van der Waals surface area contributed by atoms with Gasteiger partial charge in [0.05, 0.1) is 17.3 Å². The molecule has 1 atom stereocenters. The van der Waals surface area contributed by atoms with Crippen molar-refractivity contribution in [3.05, 3.63) is 48.3 Å². The fourth-order valence-electron chi connectivity index (χ4n) is 4.16. The quantitative estimate of drug-likeness (QED) is 0.870. The molecule has 2 saturated heterocycles. The van der Waals surface area contributed by atoms with E-state index in [0.29, 0.717) is 5.91 Å². The van der Waals surface area contributed by atoms with Gasteiger partial charge >= 0.3 is 0 Å². The Labute approximate surface area is 142 Å². The number of hydrogen-bond acceptors (Lipinski definition) is 3. The average Bonchev–Trinajstić information content (AvgIpc) is 3.22. The molecule has 1 amide bonds. The first-order valence-electron chi connectivity index (χ1n) is 8.73. The molecular formula is C19H24N4O. The summed E-state index contributed by atoms with van der Waals surface area (Å²) in [6.45, 7) is 3.65. The van der Waals surface area contributed by atoms with Crippen molar-refractivity contribution in [1.82, 2.24) is 19.6 Å². The van der Waals surface area contributed by atoms with Crippen molar-refractivity contribution >= 4 is 5.91 Å². The van der Waals surface area contributed by atoms with E-state index in [1.54, 1.807) is 0 Å². The van der Waals surface area contributed by atoms with E-state index in [0.717, 1.165) is 51.1 Å². The summed E-state index contributed by atoms with van der Waals surface area (Å²) in [4.78, 5) is 16.9. The smallest absolute Gasteiger partial charge is 0.229 e. The van der Waals surface area contributed by atoms with Crippen LogP contribution < -0.4 is 0 Å². The van der Waals surface area contributed by atoms with Crippen LogP contribution in [0.2, 0.25) is 0 Å². The van der Waals surface area contributed by atoms with Crippen LogP contribution in [0, 0.1) is 5.41 Å². The molecule has 2 fully saturated rings. The maximum atomic E-state index is 12.6. The zero-order valence-corrected chi connectivity index (χ0v) is 14.2. The maximum Gasteiger partial charge on any atom is 0.229 e. The highest BCUT2D eigenvalue weighted by molar-refractivity contribution is 5.83. The SMILES string of the molecule is CN1CCCC2(CCN(Cc3cnn(-c4ccccc4)c3)C2)C1=O. The zero-order valence-electron chi connectivity index (χ0n) is 14.2. The Balaban J connectivity index is 1.44. The molecule has 4 rings (SSSR count). The summed E-state index contributed by atoms with van der Waals surface area (Å²) >= 11 is 0. The Morgan fingerprint density at radius 3 is 2.83 bits per heavy atom. The second-order valence-electron chi connectivity index (χ2n) is 7.20. The Morgan fingerprint density at radius 2 is 2.00 bits per heavy atom. The summed E-state index contributed by atoms with van der Waals surface area (Å²) in [5.41, 5.74) is 2.14. The van der Waals surface area contributed by atoms with Gasteiger partial charge in [-0.1, -0.05) is 18.2 Å². The van der Waals surface area contributed by atoms with Crippen LogP contribution in [0.3, 0.4) is 0 Å². The van der Waals surface area contributed by atoms with Crippen LogP contribution >= 0.6 is 0 Å². The minimum atomic E-state index is -0.136. The number of carbonyl (C=O) groups is 1. The first-order valence-corrected chi connectivity index (χ1v) is 8.73. The van der Waals surface area contributed by atoms with E-state index >= 15 is 0 Å². The van der Waals surface area contributed by atoms with Gasteiger partial charge in [-0.25, -0.2) is 4.68 Å². The molecule has 0 N–H and O–H groups in total. The molecule has 2 aliphatic rings. The molecule has 0 saturated carbocycles. The van der Waals surface area contributed by atoms with Crippen LogP contribution in [0.1, 0.15) is 24.8 Å². The maximum absolute atomic E-state index is 12.6. The molecule has 0 radical (unpaired) electrons. The van der Waals surface area contributed by atoms with E-state index in [9.17, 15) is 4.79 Å². The summed E-state index contributed by atoms with van der Waals surface area (Å²) < 4.78 is 1.92. The number of para-hydroxylation sites is 1. The minimum Gasteiger partial charge on any atom is -0.345 e. The third-order valence-electron chi connectivity index (χ3n) is 5.45. The number of rotatable bonds is 3. The molecule has 1 aromatic carbocycles. The predicted octanol–water partition coefficient (Wildman–Crippen LogP) is 2.32. The van der Waals surface area contributed by atoms with Gasteiger partial charge in [-0.15, -0.1) is 0 Å². The van der Waals surface area contributed by atoms with Gasteiger partial charge in [-0.2, -0.15) is 5.10 Å². The summed E-state index contributed by atoms with van der Waals surface area (Å²) in [6.07, 6.45) is 7.18. The van der Waals surface area contributed by atoms with Crippen LogP contribution in [-0.2, 0) is 11.3 Å². The standard InChI is InChI=1S/C19H24N4O/c1-21-10-5-8-19(18(21)24)9-11-22(15-19)13-16-12-20-23(14-16)17-6-3-2-4-7-17/h2-4,6-7,12,14H,5,8-11,13,15H2,1H3. The van der Waals surface area contributed by atoms with E-state index in [1.807, 2.05) is 41.0 Å². The lowest BCUT2D eigenvalue weighted by Gasteiger charge is -2.37. The van der Waals surface area contributed by atoms with Crippen molar-refractivity contribution in [3.63, 3.8) is 0 Å². The molecule has 5 heteroatoms. The van der Waals surface area contributed by atoms with Gasteiger partial charge in [0.2, 0.25) is 5.91 Å². The second kappa shape index (κ2) is 6.06. The van der Waals surface area contributed by atoms with E-state index in [-0.39, 0.29) is 5.41 Å². The lowest BCUT2D eigenvalue weighted by Crippen LogP contribution is -2.48. The highest BCUT2D eigenvalue weighted by Gasteiger charge is 2.47. The second-order valence-corrected chi connectivity index (χ2v) is 7.20. The molecule has 1 unspecified atom stereocenters. The van der Waals surface area contributed by atoms with Crippen LogP contribution in [0.4, 0.5) is 0 Å². The molecule has 24 heavy (non-hydrogen) atoms. The van der Waals surface area contributed by atoms with Gasteiger partial charge in [0.1, 0.15) is 0 Å². The van der Waals surface area contributed by atoms with Gasteiger partial charge in [0.25, 0.3) is 0 Å². The minimum absolute atomic E-state index is 0.136. The van der Waals surface area contributed by atoms with Crippen LogP contribution in [0.15, 0.2) is 42.7 Å². The predicted molar refractivity (Wildman–Crippen MR) is 92.8 cm³/mol. The molecule has 3 heterocycles. The average molecular weight is 324 g/mol. The molecular weight excluding hydrogens is 300 g/mol. The van der Waals surface area contributed by atoms with Gasteiger partial charge in [0, 0.05) is 38.4 Å². The Hall–Kier alpha value is -2.14. The Kier molecular flexibility index (Phi) is 3.88. The molecule has 126 valence electrons. The Morgan fingerprint density at radius 1 is 1.17 bits per heavy atom. The van der Waals surface area contributed by atoms with Crippen molar-refractivity contribution in [2.75, 3.05) is 26.7 Å². The van der Waals surface area contributed by atoms with Crippen molar-refractivity contribution < 1.29 is 4.79 Å². The molecule has 5 nitrogen and oxygen atoms in total. The van der Waals surface area contributed by atoms with Crippen LogP contribution in [0.5, 0.6) is 0 Å². The van der Waals surface area contributed by atoms with Crippen molar-refractivity contribution in [1.29, 1.82) is 0 Å². The number of likely N-dealkylation sites (tertiary alicyclic amines) is 2. The van der Waals surface area contributed by atoms with E-state index in [1.165, 1.54) is 5.56 Å². The molecule has 2 aromatic rings. The third kappa shape index (κ3) is 2.73. The fraction of sp³-hybridized carbons (Fsp3) is 0.474. The fourth-order valence-corrected chi connectivity index (χ4v) is 4.16. The summed E-state index contributed by atoms with van der Waals surface area (Å²) in [5.74, 6) is 0.344. The van der Waals surface area contributed by atoms with Gasteiger partial charge in [-0.05, 0) is 37.9 Å².